The van der Waals surface area contributed by atoms with Crippen molar-refractivity contribution in [1.82, 2.24) is 5.32 Å². The predicted octanol–water partition coefficient (Wildman–Crippen LogP) is 3.16. The van der Waals surface area contributed by atoms with E-state index in [1.807, 2.05) is 11.4 Å². The molecule has 0 aliphatic heterocycles. The number of ether oxygens (including phenoxy) is 2. The molecule has 0 bridgehead atoms. The Hall–Kier alpha value is -3.42. The monoisotopic (exact) mass is 330 g/mol. The van der Waals surface area contributed by atoms with Crippen molar-refractivity contribution in [3.63, 3.8) is 0 Å². The van der Waals surface area contributed by atoms with Crippen LogP contribution in [0.25, 0.3) is 0 Å². The second-order valence-corrected chi connectivity index (χ2v) is 4.69. The zero-order valence-electron chi connectivity index (χ0n) is 12.5. The third-order valence-electron chi connectivity index (χ3n) is 2.93. The van der Waals surface area contributed by atoms with E-state index in [-0.39, 0.29) is 18.9 Å². The molecule has 0 aliphatic rings. The van der Waals surface area contributed by atoms with Gasteiger partial charge < -0.3 is 9.47 Å². The van der Waals surface area contributed by atoms with E-state index in [4.69, 9.17) is 9.47 Å². The summed E-state index contributed by atoms with van der Waals surface area (Å²) >= 11 is 0. The molecule has 0 radical (unpaired) electrons. The minimum atomic E-state index is -0.966. The number of carbonyl (C=O) groups excluding carboxylic acids is 2. The number of non-ortho nitro benzene ring substituents is 1. The molecule has 0 unspecified atom stereocenters. The number of rotatable bonds is 5. The van der Waals surface area contributed by atoms with Gasteiger partial charge >= 0.3 is 12.2 Å². The second kappa shape index (κ2) is 8.28. The normalized spacial score (nSPS) is 9.83. The molecule has 0 heterocycles. The highest BCUT2D eigenvalue weighted by molar-refractivity contribution is 5.87. The highest BCUT2D eigenvalue weighted by Crippen LogP contribution is 2.12. The molecule has 0 saturated carbocycles. The summed E-state index contributed by atoms with van der Waals surface area (Å²) in [7, 11) is 0. The van der Waals surface area contributed by atoms with Gasteiger partial charge in [0.2, 0.25) is 0 Å². The smallest absolute Gasteiger partial charge is 0.416 e. The molecule has 24 heavy (non-hydrogen) atoms. The van der Waals surface area contributed by atoms with Gasteiger partial charge in [-0.1, -0.05) is 30.3 Å². The zero-order chi connectivity index (χ0) is 17.4. The Bertz CT molecular complexity index is 715. The van der Waals surface area contributed by atoms with Crippen molar-refractivity contribution in [3.05, 3.63) is 75.8 Å². The molecule has 2 rings (SSSR count). The van der Waals surface area contributed by atoms with Crippen molar-refractivity contribution in [2.24, 2.45) is 0 Å². The topological polar surface area (TPSA) is 108 Å². The van der Waals surface area contributed by atoms with Gasteiger partial charge in [-0.05, 0) is 23.3 Å². The number of amides is 2. The molecule has 0 aromatic heterocycles. The van der Waals surface area contributed by atoms with Gasteiger partial charge in [0, 0.05) is 12.1 Å². The largest absolute Gasteiger partial charge is 0.444 e. The molecule has 8 nitrogen and oxygen atoms in total. The summed E-state index contributed by atoms with van der Waals surface area (Å²) in [6, 6.07) is 14.5. The molecule has 124 valence electrons. The highest BCUT2D eigenvalue weighted by Gasteiger charge is 2.11. The zero-order valence-corrected chi connectivity index (χ0v) is 12.5. The quantitative estimate of drug-likeness (QED) is 0.666. The number of nitrogens with zero attached hydrogens (tertiary/aromatic N) is 1. The summed E-state index contributed by atoms with van der Waals surface area (Å²) < 4.78 is 9.70. The first-order valence-corrected chi connectivity index (χ1v) is 6.92. The highest BCUT2D eigenvalue weighted by atomic mass is 16.6. The van der Waals surface area contributed by atoms with Crippen LogP contribution in [-0.2, 0) is 22.7 Å². The number of carbonyl (C=O) groups is 2. The van der Waals surface area contributed by atoms with E-state index < -0.39 is 17.1 Å². The standard InChI is InChI=1S/C16H14N2O6/c19-15(23-10-12-4-2-1-3-5-12)17-16(20)24-11-13-6-8-14(9-7-13)18(21)22/h1-9H,10-11H2,(H,17,19,20). The van der Waals surface area contributed by atoms with Crippen molar-refractivity contribution in [3.8, 4) is 0 Å². The molecule has 8 heteroatoms. The van der Waals surface area contributed by atoms with Gasteiger partial charge in [0.1, 0.15) is 13.2 Å². The van der Waals surface area contributed by atoms with Gasteiger partial charge in [0.15, 0.2) is 0 Å². The Morgan fingerprint density at radius 3 is 1.88 bits per heavy atom. The second-order valence-electron chi connectivity index (χ2n) is 4.69. The number of nitrogens with one attached hydrogen (secondary N) is 1. The van der Waals surface area contributed by atoms with Crippen molar-refractivity contribution in [2.75, 3.05) is 0 Å². The number of imide groups is 1. The van der Waals surface area contributed by atoms with Crippen LogP contribution in [-0.4, -0.2) is 17.1 Å². The maximum Gasteiger partial charge on any atom is 0.416 e. The molecule has 0 atom stereocenters. The minimum absolute atomic E-state index is 0.0301. The lowest BCUT2D eigenvalue weighted by Crippen LogP contribution is -2.31. The summed E-state index contributed by atoms with van der Waals surface area (Å²) in [5.41, 5.74) is 1.27. The fraction of sp³-hybridized carbons (Fsp3) is 0.125. The van der Waals surface area contributed by atoms with E-state index in [0.717, 1.165) is 5.56 Å². The Balaban J connectivity index is 1.72. The fourth-order valence-corrected chi connectivity index (χ4v) is 1.74. The van der Waals surface area contributed by atoms with Gasteiger partial charge in [-0.15, -0.1) is 0 Å². The summed E-state index contributed by atoms with van der Waals surface area (Å²) in [5, 5.41) is 12.4. The molecule has 0 aliphatic carbocycles. The maximum atomic E-state index is 11.5. The third-order valence-corrected chi connectivity index (χ3v) is 2.93. The first-order chi connectivity index (χ1) is 11.5. The number of nitro groups is 1. The lowest BCUT2D eigenvalue weighted by molar-refractivity contribution is -0.384. The van der Waals surface area contributed by atoms with Crippen molar-refractivity contribution >= 4 is 17.9 Å². The molecular formula is C16H14N2O6. The number of hydrogen-bond acceptors (Lipinski definition) is 6. The summed E-state index contributed by atoms with van der Waals surface area (Å²) in [6.07, 6.45) is -1.89. The van der Waals surface area contributed by atoms with Gasteiger partial charge in [-0.2, -0.15) is 0 Å². The Labute approximate surface area is 137 Å². The van der Waals surface area contributed by atoms with Crippen molar-refractivity contribution in [1.29, 1.82) is 0 Å². The molecular weight excluding hydrogens is 316 g/mol. The van der Waals surface area contributed by atoms with Gasteiger partial charge in [0.05, 0.1) is 4.92 Å². The van der Waals surface area contributed by atoms with Crippen LogP contribution in [0.5, 0.6) is 0 Å². The number of benzene rings is 2. The Morgan fingerprint density at radius 2 is 1.38 bits per heavy atom. The number of hydrogen-bond donors (Lipinski definition) is 1. The molecule has 0 spiro atoms. The van der Waals surface area contributed by atoms with Gasteiger partial charge in [0.25, 0.3) is 5.69 Å². The van der Waals surface area contributed by atoms with Crippen LogP contribution in [0, 0.1) is 10.1 Å². The summed E-state index contributed by atoms with van der Waals surface area (Å²) in [6.45, 7) is -0.0991. The van der Waals surface area contributed by atoms with E-state index in [0.29, 0.717) is 5.56 Å². The lowest BCUT2D eigenvalue weighted by Gasteiger charge is -2.07. The van der Waals surface area contributed by atoms with E-state index in [9.17, 15) is 19.7 Å². The van der Waals surface area contributed by atoms with Crippen LogP contribution in [0.4, 0.5) is 15.3 Å². The molecule has 0 saturated heterocycles. The van der Waals surface area contributed by atoms with Gasteiger partial charge in [-0.25, -0.2) is 14.9 Å². The average Bonchev–Trinajstić information content (AvgIpc) is 2.59. The molecule has 0 fully saturated rings. The van der Waals surface area contributed by atoms with Gasteiger partial charge in [-0.3, -0.25) is 10.1 Å². The number of nitro benzene ring substituents is 1. The maximum absolute atomic E-state index is 11.5. The first-order valence-electron chi connectivity index (χ1n) is 6.92. The predicted molar refractivity (Wildman–Crippen MR) is 83.0 cm³/mol. The fourth-order valence-electron chi connectivity index (χ4n) is 1.74. The van der Waals surface area contributed by atoms with E-state index in [1.165, 1.54) is 24.3 Å². The van der Waals surface area contributed by atoms with Crippen LogP contribution < -0.4 is 5.32 Å². The summed E-state index contributed by atoms with van der Waals surface area (Å²) in [4.78, 5) is 32.9. The third kappa shape index (κ3) is 5.41. The SMILES string of the molecule is O=C(NC(=O)OCc1ccc([N+](=O)[O-])cc1)OCc1ccccc1. The van der Waals surface area contributed by atoms with Crippen LogP contribution >= 0.6 is 0 Å². The van der Waals surface area contributed by atoms with Crippen LogP contribution in [0.15, 0.2) is 54.6 Å². The van der Waals surface area contributed by atoms with E-state index in [2.05, 4.69) is 0 Å². The summed E-state index contributed by atoms with van der Waals surface area (Å²) in [5.74, 6) is 0. The molecule has 2 aromatic carbocycles. The first kappa shape index (κ1) is 16.9. The molecule has 2 aromatic rings. The molecule has 2 amide bonds. The minimum Gasteiger partial charge on any atom is -0.444 e. The van der Waals surface area contributed by atoms with Crippen LogP contribution in [0.3, 0.4) is 0 Å². The van der Waals surface area contributed by atoms with E-state index >= 15 is 0 Å². The Kier molecular flexibility index (Phi) is 5.84. The van der Waals surface area contributed by atoms with Crippen molar-refractivity contribution < 1.29 is 24.0 Å². The van der Waals surface area contributed by atoms with E-state index in [1.54, 1.807) is 24.3 Å². The average molecular weight is 330 g/mol. The van der Waals surface area contributed by atoms with Crippen LogP contribution in [0.1, 0.15) is 11.1 Å². The lowest BCUT2D eigenvalue weighted by atomic mass is 10.2. The van der Waals surface area contributed by atoms with Crippen LogP contribution in [0.2, 0.25) is 0 Å². The van der Waals surface area contributed by atoms with Crippen molar-refractivity contribution in [2.45, 2.75) is 13.2 Å². The molecule has 1 N–H and O–H groups in total. The number of alkyl carbamates (subject to hydrolysis) is 2. The Morgan fingerprint density at radius 1 is 0.875 bits per heavy atom.